The van der Waals surface area contributed by atoms with Gasteiger partial charge in [0.15, 0.2) is 17.3 Å². The van der Waals surface area contributed by atoms with E-state index in [1.54, 1.807) is 18.2 Å². The highest BCUT2D eigenvalue weighted by Crippen LogP contribution is 2.43. The SMILES string of the molecule is Cc1c2c(cc3c1O/C(=C\c1ccc4c(c1)OCO4)C3=O)CN(CCc1ccc(F)cc1)CO2. The quantitative estimate of drug-likeness (QED) is 0.519. The maximum absolute atomic E-state index is 13.2. The van der Waals surface area contributed by atoms with Crippen LogP contribution in [0.25, 0.3) is 6.08 Å². The molecule has 0 aliphatic carbocycles. The van der Waals surface area contributed by atoms with E-state index in [-0.39, 0.29) is 24.2 Å². The predicted octanol–water partition coefficient (Wildman–Crippen LogP) is 4.87. The smallest absolute Gasteiger partial charge is 0.231 e. The zero-order valence-electron chi connectivity index (χ0n) is 18.6. The molecule has 0 saturated carbocycles. The van der Waals surface area contributed by atoms with E-state index in [0.29, 0.717) is 36.1 Å². The van der Waals surface area contributed by atoms with Crippen LogP contribution >= 0.6 is 0 Å². The van der Waals surface area contributed by atoms with Gasteiger partial charge < -0.3 is 18.9 Å². The average molecular weight is 459 g/mol. The number of hydrogen-bond donors (Lipinski definition) is 0. The summed E-state index contributed by atoms with van der Waals surface area (Å²) in [5.41, 5.74) is 4.20. The molecule has 0 radical (unpaired) electrons. The number of nitrogens with zero attached hydrogens (tertiary/aromatic N) is 1. The van der Waals surface area contributed by atoms with Gasteiger partial charge in [0.1, 0.15) is 24.0 Å². The van der Waals surface area contributed by atoms with Crippen molar-refractivity contribution in [3.05, 3.63) is 87.9 Å². The summed E-state index contributed by atoms with van der Waals surface area (Å²) in [7, 11) is 0. The van der Waals surface area contributed by atoms with Gasteiger partial charge in [0.25, 0.3) is 0 Å². The lowest BCUT2D eigenvalue weighted by Gasteiger charge is -2.30. The summed E-state index contributed by atoms with van der Waals surface area (Å²) in [5, 5.41) is 0. The molecule has 0 aromatic heterocycles. The molecule has 0 atom stereocenters. The van der Waals surface area contributed by atoms with Gasteiger partial charge in [0.05, 0.1) is 5.56 Å². The number of ether oxygens (including phenoxy) is 4. The molecular formula is C27H22FNO5. The Bertz CT molecular complexity index is 1330. The summed E-state index contributed by atoms with van der Waals surface area (Å²) in [6, 6.07) is 13.9. The first-order valence-corrected chi connectivity index (χ1v) is 11.1. The fraction of sp³-hybridized carbons (Fsp3) is 0.222. The molecule has 0 N–H and O–H groups in total. The van der Waals surface area contributed by atoms with Crippen molar-refractivity contribution in [1.82, 2.24) is 4.90 Å². The minimum Gasteiger partial charge on any atom is -0.477 e. The molecule has 3 aromatic carbocycles. The van der Waals surface area contributed by atoms with E-state index in [9.17, 15) is 9.18 Å². The van der Waals surface area contributed by atoms with Crippen LogP contribution in [0.2, 0.25) is 0 Å². The first kappa shape index (κ1) is 20.7. The number of Topliss-reactive ketones (excluding diaryl/α,β-unsaturated/α-hetero) is 1. The maximum atomic E-state index is 13.2. The van der Waals surface area contributed by atoms with Crippen molar-refractivity contribution in [2.75, 3.05) is 20.1 Å². The monoisotopic (exact) mass is 459 g/mol. The molecule has 7 heteroatoms. The molecule has 0 saturated heterocycles. The lowest BCUT2D eigenvalue weighted by Crippen LogP contribution is -2.34. The van der Waals surface area contributed by atoms with Crippen LogP contribution in [0.1, 0.15) is 32.6 Å². The molecule has 3 aromatic rings. The van der Waals surface area contributed by atoms with E-state index in [1.165, 1.54) is 12.1 Å². The van der Waals surface area contributed by atoms with Gasteiger partial charge in [0.2, 0.25) is 12.6 Å². The molecular weight excluding hydrogens is 437 g/mol. The summed E-state index contributed by atoms with van der Waals surface area (Å²) in [5.74, 6) is 2.55. The fourth-order valence-corrected chi connectivity index (χ4v) is 4.53. The molecule has 3 aliphatic heterocycles. The largest absolute Gasteiger partial charge is 0.477 e. The topological polar surface area (TPSA) is 57.2 Å². The second-order valence-electron chi connectivity index (χ2n) is 8.62. The predicted molar refractivity (Wildman–Crippen MR) is 123 cm³/mol. The molecule has 3 heterocycles. The number of fused-ring (bicyclic) bond motifs is 3. The summed E-state index contributed by atoms with van der Waals surface area (Å²) >= 11 is 0. The van der Waals surface area contributed by atoms with Crippen molar-refractivity contribution in [1.29, 1.82) is 0 Å². The maximum Gasteiger partial charge on any atom is 0.231 e. The van der Waals surface area contributed by atoms with Crippen LogP contribution in [0.5, 0.6) is 23.0 Å². The minimum absolute atomic E-state index is 0.151. The molecule has 0 unspecified atom stereocenters. The van der Waals surface area contributed by atoms with Crippen molar-refractivity contribution in [3.8, 4) is 23.0 Å². The number of allylic oxidation sites excluding steroid dienone is 1. The summed E-state index contributed by atoms with van der Waals surface area (Å²) in [6.07, 6.45) is 2.51. The normalized spacial score (nSPS) is 17.4. The van der Waals surface area contributed by atoms with Crippen LogP contribution in [-0.4, -0.2) is 30.8 Å². The second-order valence-corrected chi connectivity index (χ2v) is 8.62. The number of benzene rings is 3. The van der Waals surface area contributed by atoms with Crippen molar-refractivity contribution < 1.29 is 28.1 Å². The fourth-order valence-electron chi connectivity index (χ4n) is 4.53. The van der Waals surface area contributed by atoms with Gasteiger partial charge >= 0.3 is 0 Å². The average Bonchev–Trinajstić information content (AvgIpc) is 3.43. The van der Waals surface area contributed by atoms with Crippen LogP contribution < -0.4 is 18.9 Å². The standard InChI is InChI=1S/C27H22FNO5/c1-16-26-19(13-29(14-31-26)9-8-17-2-5-20(28)6-3-17)12-21-25(30)24(34-27(16)21)11-18-4-7-22-23(10-18)33-15-32-22/h2-7,10-12H,8-9,13-15H2,1H3/b24-11-. The molecule has 0 spiro atoms. The van der Waals surface area contributed by atoms with Gasteiger partial charge in [-0.3, -0.25) is 9.69 Å². The van der Waals surface area contributed by atoms with E-state index in [2.05, 4.69) is 4.90 Å². The molecule has 172 valence electrons. The third-order valence-electron chi connectivity index (χ3n) is 6.33. The molecule has 0 bridgehead atoms. The van der Waals surface area contributed by atoms with Crippen LogP contribution in [0, 0.1) is 12.7 Å². The highest BCUT2D eigenvalue weighted by atomic mass is 19.1. The minimum atomic E-state index is -0.234. The number of carbonyl (C=O) groups excluding carboxylic acids is 1. The van der Waals surface area contributed by atoms with Gasteiger partial charge in [-0.05, 0) is 60.9 Å². The Morgan fingerprint density at radius 1 is 1.00 bits per heavy atom. The zero-order valence-corrected chi connectivity index (χ0v) is 18.6. The van der Waals surface area contributed by atoms with Crippen molar-refractivity contribution >= 4 is 11.9 Å². The van der Waals surface area contributed by atoms with E-state index >= 15 is 0 Å². The number of carbonyl (C=O) groups is 1. The Morgan fingerprint density at radius 3 is 2.68 bits per heavy atom. The van der Waals surface area contributed by atoms with E-state index in [4.69, 9.17) is 18.9 Å². The van der Waals surface area contributed by atoms with Crippen LogP contribution in [0.3, 0.4) is 0 Å². The molecule has 34 heavy (non-hydrogen) atoms. The Morgan fingerprint density at radius 2 is 1.82 bits per heavy atom. The summed E-state index contributed by atoms with van der Waals surface area (Å²) < 4.78 is 36.0. The first-order valence-electron chi connectivity index (χ1n) is 11.1. The number of ketones is 1. The van der Waals surface area contributed by atoms with Gasteiger partial charge in [-0.2, -0.15) is 0 Å². The van der Waals surface area contributed by atoms with E-state index in [0.717, 1.165) is 41.0 Å². The Balaban J connectivity index is 1.22. The summed E-state index contributed by atoms with van der Waals surface area (Å²) in [6.45, 7) is 3.99. The Labute approximate surface area is 196 Å². The second kappa shape index (κ2) is 8.18. The van der Waals surface area contributed by atoms with Crippen LogP contribution in [-0.2, 0) is 13.0 Å². The molecule has 6 nitrogen and oxygen atoms in total. The van der Waals surface area contributed by atoms with Crippen LogP contribution in [0.4, 0.5) is 4.39 Å². The zero-order chi connectivity index (χ0) is 23.2. The molecule has 6 rings (SSSR count). The Hall–Kier alpha value is -3.84. The molecule has 0 fully saturated rings. The van der Waals surface area contributed by atoms with Gasteiger partial charge in [-0.25, -0.2) is 4.39 Å². The third kappa shape index (κ3) is 3.68. The third-order valence-corrected chi connectivity index (χ3v) is 6.33. The van der Waals surface area contributed by atoms with Crippen molar-refractivity contribution in [3.63, 3.8) is 0 Å². The lowest BCUT2D eigenvalue weighted by molar-refractivity contribution is 0.0954. The highest BCUT2D eigenvalue weighted by molar-refractivity contribution is 6.15. The number of hydrogen-bond acceptors (Lipinski definition) is 6. The number of halogens is 1. The van der Waals surface area contributed by atoms with Gasteiger partial charge in [-0.15, -0.1) is 0 Å². The van der Waals surface area contributed by atoms with Crippen molar-refractivity contribution in [2.45, 2.75) is 19.9 Å². The number of rotatable bonds is 4. The summed E-state index contributed by atoms with van der Waals surface area (Å²) in [4.78, 5) is 15.3. The Kier molecular flexibility index (Phi) is 4.99. The van der Waals surface area contributed by atoms with Gasteiger partial charge in [-0.1, -0.05) is 18.2 Å². The highest BCUT2D eigenvalue weighted by Gasteiger charge is 2.33. The van der Waals surface area contributed by atoms with Crippen LogP contribution in [0.15, 0.2) is 54.3 Å². The molecule has 0 amide bonds. The van der Waals surface area contributed by atoms with E-state index in [1.807, 2.05) is 31.2 Å². The lowest BCUT2D eigenvalue weighted by atomic mass is 9.99. The van der Waals surface area contributed by atoms with E-state index < -0.39 is 0 Å². The first-order chi connectivity index (χ1) is 16.5. The van der Waals surface area contributed by atoms with Gasteiger partial charge in [0, 0.05) is 24.2 Å². The molecule has 3 aliphatic rings. The van der Waals surface area contributed by atoms with Crippen molar-refractivity contribution in [2.24, 2.45) is 0 Å².